The van der Waals surface area contributed by atoms with Gasteiger partial charge in [-0.1, -0.05) is 54.6 Å². The van der Waals surface area contributed by atoms with Crippen molar-refractivity contribution in [2.24, 2.45) is 35.5 Å². The minimum atomic E-state index is 0.489. The fourth-order valence-electron chi connectivity index (χ4n) is 18.6. The van der Waals surface area contributed by atoms with Gasteiger partial charge in [0.2, 0.25) is 0 Å². The van der Waals surface area contributed by atoms with Crippen molar-refractivity contribution in [3.8, 4) is 0 Å². The molecule has 282 valence electrons. The van der Waals surface area contributed by atoms with Crippen molar-refractivity contribution in [1.29, 1.82) is 0 Å². The van der Waals surface area contributed by atoms with Crippen LogP contribution in [0, 0.1) is 35.5 Å². The highest BCUT2D eigenvalue weighted by Crippen LogP contribution is 2.67. The van der Waals surface area contributed by atoms with Crippen LogP contribution in [-0.4, -0.2) is 94.1 Å². The molecule has 3 aromatic rings. The van der Waals surface area contributed by atoms with Gasteiger partial charge in [0.1, 0.15) is 0 Å². The third-order valence-corrected chi connectivity index (χ3v) is 19.5. The number of nitrogens with zero attached hydrogens (tertiary/aromatic N) is 6. The molecule has 15 rings (SSSR count). The zero-order valence-corrected chi connectivity index (χ0v) is 32.3. The van der Waals surface area contributed by atoms with Crippen molar-refractivity contribution in [2.75, 3.05) is 14.7 Å². The Kier molecular flexibility index (Phi) is 6.17. The van der Waals surface area contributed by atoms with Crippen molar-refractivity contribution in [1.82, 2.24) is 14.4 Å². The van der Waals surface area contributed by atoms with Gasteiger partial charge in [-0.3, -0.25) is 0 Å². The molecule has 12 aliphatic rings. The molecule has 12 atom stereocenters. The maximum absolute atomic E-state index is 3.44. The average Bonchev–Trinajstić information content (AvgIpc) is 3.25. The van der Waals surface area contributed by atoms with Crippen molar-refractivity contribution in [3.63, 3.8) is 0 Å². The molecule has 55 heavy (non-hydrogen) atoms. The molecule has 6 nitrogen and oxygen atoms in total. The van der Waals surface area contributed by atoms with E-state index in [0.29, 0.717) is 79.6 Å². The van der Waals surface area contributed by atoms with Gasteiger partial charge < -0.3 is 29.1 Å². The molecule has 0 spiro atoms. The first-order chi connectivity index (χ1) is 27.3. The number of para-hydroxylation sites is 3. The van der Waals surface area contributed by atoms with E-state index in [1.54, 1.807) is 0 Å². The molecule has 7 heteroatoms. The van der Waals surface area contributed by atoms with Crippen molar-refractivity contribution >= 4 is 24.2 Å². The van der Waals surface area contributed by atoms with E-state index in [-0.39, 0.29) is 0 Å². The molecule has 12 unspecified atom stereocenters. The van der Waals surface area contributed by atoms with Gasteiger partial charge in [-0.15, -0.1) is 0 Å². The molecular formula is C48H57BN6. The first kappa shape index (κ1) is 31.1. The van der Waals surface area contributed by atoms with E-state index in [4.69, 9.17) is 0 Å². The number of benzene rings is 3. The Morgan fingerprint density at radius 2 is 0.545 bits per heavy atom. The summed E-state index contributed by atoms with van der Waals surface area (Å²) in [7, 11) is 0.489. The lowest BCUT2D eigenvalue weighted by molar-refractivity contribution is -0.203. The van der Waals surface area contributed by atoms with Gasteiger partial charge in [0.15, 0.2) is 0 Å². The lowest BCUT2D eigenvalue weighted by atomic mass is 9.42. The molecule has 6 aliphatic carbocycles. The zero-order valence-electron chi connectivity index (χ0n) is 32.3. The lowest BCUT2D eigenvalue weighted by Crippen LogP contribution is -3.00. The summed E-state index contributed by atoms with van der Waals surface area (Å²) < 4.78 is 0. The first-order valence-electron chi connectivity index (χ1n) is 23.2. The monoisotopic (exact) mass is 728 g/mol. The van der Waals surface area contributed by atoms with Crippen LogP contribution in [0.1, 0.15) is 77.0 Å². The molecule has 0 radical (unpaired) electrons. The summed E-state index contributed by atoms with van der Waals surface area (Å²) in [6.45, 7) is 0. The van der Waals surface area contributed by atoms with E-state index < -0.39 is 0 Å². The predicted molar refractivity (Wildman–Crippen MR) is 220 cm³/mol. The predicted octanol–water partition coefficient (Wildman–Crippen LogP) is 7.36. The molecule has 6 saturated carbocycles. The summed E-state index contributed by atoms with van der Waals surface area (Å²) in [4.78, 5) is 19.7. The normalized spacial score (nSPS) is 49.3. The second-order valence-corrected chi connectivity index (χ2v) is 20.7. The van der Waals surface area contributed by atoms with Gasteiger partial charge >= 0.3 is 7.12 Å². The summed E-state index contributed by atoms with van der Waals surface area (Å²) in [6.07, 6.45) is 16.9. The second kappa shape index (κ2) is 10.9. The third kappa shape index (κ3) is 3.66. The van der Waals surface area contributed by atoms with E-state index in [2.05, 4.69) is 120 Å². The largest absolute Gasteiger partial charge is 0.405 e. The Labute approximate surface area is 328 Å². The summed E-state index contributed by atoms with van der Waals surface area (Å²) >= 11 is 0. The topological polar surface area (TPSA) is 19.4 Å². The number of rotatable bonds is 3. The van der Waals surface area contributed by atoms with Crippen LogP contribution in [0.2, 0.25) is 0 Å². The van der Waals surface area contributed by atoms with Crippen LogP contribution in [0.4, 0.5) is 17.1 Å². The molecular weight excluding hydrogens is 671 g/mol. The standard InChI is InChI=1S/C48H57BN6/c1-4-10-31(11-5-1)50-34-22-16-28-18-24-36-45-40(28)43(34)53-44-35(50)23-17-29-19-25-37-46(41(29)44)55-48-39(52(37)33-14-8-3-9-15-33)27-21-30-20-26-38(47(42(30)48)54(45)49(53)55)51(36)32-12-6-2-7-13-32/h1-15,28-30,34-48H,16-27H2. The maximum Gasteiger partial charge on any atom is 0.405 e. The van der Waals surface area contributed by atoms with Gasteiger partial charge in [0, 0.05) is 89.6 Å². The van der Waals surface area contributed by atoms with Gasteiger partial charge in [-0.25, -0.2) is 0 Å². The smallest absolute Gasteiger partial charge is 0.362 e. The maximum atomic E-state index is 3.44. The molecule has 0 amide bonds. The van der Waals surface area contributed by atoms with Gasteiger partial charge in [0.05, 0.1) is 0 Å². The van der Waals surface area contributed by atoms with E-state index in [1.807, 2.05) is 0 Å². The number of hydrogen-bond donors (Lipinski definition) is 0. The molecule has 0 bridgehead atoms. The van der Waals surface area contributed by atoms with E-state index in [0.717, 1.165) is 35.5 Å². The highest BCUT2D eigenvalue weighted by molar-refractivity contribution is 6.51. The average molecular weight is 729 g/mol. The van der Waals surface area contributed by atoms with Gasteiger partial charge in [0.25, 0.3) is 0 Å². The Balaban J connectivity index is 1.00. The molecule has 0 N–H and O–H groups in total. The Bertz CT molecular complexity index is 1700. The quantitative estimate of drug-likeness (QED) is 0.261. The Morgan fingerprint density at radius 1 is 0.309 bits per heavy atom. The first-order valence-corrected chi connectivity index (χ1v) is 23.2. The number of hydrogen-bond acceptors (Lipinski definition) is 6. The minimum absolute atomic E-state index is 0.489. The molecule has 0 aromatic heterocycles. The van der Waals surface area contributed by atoms with Gasteiger partial charge in [-0.05, 0) is 149 Å². The SMILES string of the molecule is c1ccc(N2C3CCC4CCC5C6C4C3N3B4N6C6C7C(CCC6N5c5ccccc5)CCC5C7N4C4C6C(CCC2C63)CCC4N5c2ccccc2)cc1. The van der Waals surface area contributed by atoms with Crippen LogP contribution >= 0.6 is 0 Å². The van der Waals surface area contributed by atoms with Crippen molar-refractivity contribution < 1.29 is 0 Å². The summed E-state index contributed by atoms with van der Waals surface area (Å²) in [5.74, 6) is 4.92. The van der Waals surface area contributed by atoms with Gasteiger partial charge in [-0.2, -0.15) is 0 Å². The summed E-state index contributed by atoms with van der Waals surface area (Å²) in [5, 5.41) is 0. The van der Waals surface area contributed by atoms with Crippen molar-refractivity contribution in [3.05, 3.63) is 91.0 Å². The van der Waals surface area contributed by atoms with Crippen LogP contribution in [0.3, 0.4) is 0 Å². The fraction of sp³-hybridized carbons (Fsp3) is 0.625. The highest BCUT2D eigenvalue weighted by atomic mass is 15.6. The van der Waals surface area contributed by atoms with Crippen LogP contribution in [-0.2, 0) is 0 Å². The minimum Gasteiger partial charge on any atom is -0.362 e. The van der Waals surface area contributed by atoms with E-state index in [1.165, 1.54) is 94.1 Å². The Hall–Kier alpha value is -3.00. The van der Waals surface area contributed by atoms with E-state index >= 15 is 0 Å². The lowest BCUT2D eigenvalue weighted by Gasteiger charge is -2.84. The second-order valence-electron chi connectivity index (χ2n) is 20.7. The Morgan fingerprint density at radius 3 is 0.782 bits per heavy atom. The molecule has 6 aliphatic heterocycles. The van der Waals surface area contributed by atoms with Crippen LogP contribution in [0.15, 0.2) is 91.0 Å². The summed E-state index contributed by atoms with van der Waals surface area (Å²) in [6, 6.07) is 43.6. The molecule has 3 aromatic carbocycles. The van der Waals surface area contributed by atoms with Crippen LogP contribution in [0.5, 0.6) is 0 Å². The van der Waals surface area contributed by atoms with Crippen molar-refractivity contribution in [2.45, 2.75) is 150 Å². The summed E-state index contributed by atoms with van der Waals surface area (Å²) in [5.41, 5.74) is 4.61. The molecule has 6 heterocycles. The van der Waals surface area contributed by atoms with E-state index in [9.17, 15) is 0 Å². The molecule has 6 saturated heterocycles. The fourth-order valence-corrected chi connectivity index (χ4v) is 18.6. The van der Waals surface area contributed by atoms with Crippen LogP contribution in [0.25, 0.3) is 0 Å². The third-order valence-electron chi connectivity index (χ3n) is 19.5. The highest BCUT2D eigenvalue weighted by Gasteiger charge is 2.79. The number of anilines is 3. The number of piperazine rings is 3. The zero-order chi connectivity index (χ0) is 35.3. The van der Waals surface area contributed by atoms with Crippen LogP contribution < -0.4 is 14.7 Å². The molecule has 12 fully saturated rings.